The number of rotatable bonds is 5. The molecule has 0 bridgehead atoms. The Morgan fingerprint density at radius 1 is 0.867 bits per heavy atom. The van der Waals surface area contributed by atoms with Gasteiger partial charge in [0.15, 0.2) is 6.61 Å². The lowest BCUT2D eigenvalue weighted by Gasteiger charge is -2.14. The third-order valence-corrected chi connectivity index (χ3v) is 4.91. The predicted octanol–water partition coefficient (Wildman–Crippen LogP) is 4.78. The average molecular weight is 442 g/mol. The van der Waals surface area contributed by atoms with Crippen LogP contribution in [0.1, 0.15) is 20.7 Å². The maximum atomic E-state index is 12.5. The van der Waals surface area contributed by atoms with E-state index in [1.165, 1.54) is 30.3 Å². The molecule has 0 N–H and O–H groups in total. The van der Waals surface area contributed by atoms with Gasteiger partial charge in [-0.2, -0.15) is 0 Å². The lowest BCUT2D eigenvalue weighted by Crippen LogP contribution is -2.29. The molecule has 4 rings (SSSR count). The van der Waals surface area contributed by atoms with Gasteiger partial charge in [0.2, 0.25) is 0 Å². The van der Waals surface area contributed by atoms with Gasteiger partial charge in [-0.15, -0.1) is 0 Å². The second kappa shape index (κ2) is 8.18. The number of benzene rings is 3. The molecular formula is C22H13Cl2NO5. The van der Waals surface area contributed by atoms with Gasteiger partial charge in [-0.25, -0.2) is 9.69 Å². The summed E-state index contributed by atoms with van der Waals surface area (Å²) in [5.74, 6) is -0.943. The van der Waals surface area contributed by atoms with Gasteiger partial charge >= 0.3 is 5.97 Å². The zero-order valence-electron chi connectivity index (χ0n) is 15.3. The molecule has 0 radical (unpaired) electrons. The Morgan fingerprint density at radius 2 is 1.50 bits per heavy atom. The average Bonchev–Trinajstić information content (AvgIpc) is 3.00. The first-order valence-corrected chi connectivity index (χ1v) is 9.56. The molecule has 0 unspecified atom stereocenters. The summed E-state index contributed by atoms with van der Waals surface area (Å²) in [5, 5.41) is 0.740. The molecule has 3 aromatic carbocycles. The van der Waals surface area contributed by atoms with Crippen LogP contribution < -0.4 is 14.4 Å². The Bertz CT molecular complexity index is 1130. The number of carbonyl (C=O) groups excluding carboxylic acids is 3. The van der Waals surface area contributed by atoms with Crippen LogP contribution in [0.25, 0.3) is 0 Å². The van der Waals surface area contributed by atoms with Crippen molar-refractivity contribution < 1.29 is 23.9 Å². The van der Waals surface area contributed by atoms with E-state index in [9.17, 15) is 14.4 Å². The maximum Gasteiger partial charge on any atom is 0.349 e. The molecule has 0 fully saturated rings. The zero-order chi connectivity index (χ0) is 21.3. The van der Waals surface area contributed by atoms with Crippen LogP contribution in [0.4, 0.5) is 5.69 Å². The van der Waals surface area contributed by atoms with Crippen LogP contribution >= 0.6 is 23.2 Å². The van der Waals surface area contributed by atoms with E-state index in [4.69, 9.17) is 32.7 Å². The van der Waals surface area contributed by atoms with E-state index in [1.54, 1.807) is 36.4 Å². The number of esters is 1. The molecule has 6 nitrogen and oxygen atoms in total. The molecule has 3 aromatic rings. The van der Waals surface area contributed by atoms with E-state index in [0.717, 1.165) is 4.90 Å². The van der Waals surface area contributed by atoms with Crippen LogP contribution in [0, 0.1) is 0 Å². The van der Waals surface area contributed by atoms with Crippen molar-refractivity contribution in [1.29, 1.82) is 0 Å². The summed E-state index contributed by atoms with van der Waals surface area (Å²) in [4.78, 5) is 38.2. The summed E-state index contributed by atoms with van der Waals surface area (Å²) >= 11 is 11.9. The molecule has 1 aliphatic heterocycles. The molecule has 2 amide bonds. The smallest absolute Gasteiger partial charge is 0.349 e. The Balaban J connectivity index is 1.41. The van der Waals surface area contributed by atoms with Gasteiger partial charge in [-0.1, -0.05) is 35.3 Å². The second-order valence-electron chi connectivity index (χ2n) is 6.32. The van der Waals surface area contributed by atoms with Crippen LogP contribution in [0.3, 0.4) is 0 Å². The van der Waals surface area contributed by atoms with Crippen molar-refractivity contribution in [3.05, 3.63) is 87.9 Å². The van der Waals surface area contributed by atoms with E-state index >= 15 is 0 Å². The number of imide groups is 1. The van der Waals surface area contributed by atoms with Gasteiger partial charge in [0, 0.05) is 11.1 Å². The minimum absolute atomic E-state index is 0.237. The summed E-state index contributed by atoms with van der Waals surface area (Å²) in [7, 11) is 0. The predicted molar refractivity (Wildman–Crippen MR) is 112 cm³/mol. The summed E-state index contributed by atoms with van der Waals surface area (Å²) in [6.07, 6.45) is 0. The molecule has 0 aliphatic carbocycles. The van der Waals surface area contributed by atoms with Gasteiger partial charge in [0.25, 0.3) is 11.8 Å². The maximum absolute atomic E-state index is 12.5. The Labute approximate surface area is 181 Å². The summed E-state index contributed by atoms with van der Waals surface area (Å²) < 4.78 is 10.5. The summed E-state index contributed by atoms with van der Waals surface area (Å²) in [5.41, 5.74) is 1.09. The van der Waals surface area contributed by atoms with Crippen molar-refractivity contribution in [2.45, 2.75) is 0 Å². The first-order chi connectivity index (χ1) is 14.4. The first-order valence-electron chi connectivity index (χ1n) is 8.80. The van der Waals surface area contributed by atoms with E-state index in [1.807, 2.05) is 0 Å². The fraction of sp³-hybridized carbons (Fsp3) is 0.0455. The molecular weight excluding hydrogens is 429 g/mol. The largest absolute Gasteiger partial charge is 0.480 e. The standard InChI is InChI=1S/C22H13Cl2NO5/c23-13-5-10-18(24)19(11-13)29-12-20(26)30-15-8-6-14(7-9-15)25-21(27)16-3-1-2-4-17(16)22(25)28/h1-11H,12H2. The number of fused-ring (bicyclic) bond motifs is 1. The van der Waals surface area contributed by atoms with Crippen molar-refractivity contribution in [3.8, 4) is 11.5 Å². The van der Waals surface area contributed by atoms with Crippen molar-refractivity contribution in [3.63, 3.8) is 0 Å². The topological polar surface area (TPSA) is 72.9 Å². The van der Waals surface area contributed by atoms with Gasteiger partial charge in [0.1, 0.15) is 11.5 Å². The van der Waals surface area contributed by atoms with Gasteiger partial charge in [-0.05, 0) is 48.5 Å². The fourth-order valence-electron chi connectivity index (χ4n) is 2.97. The highest BCUT2D eigenvalue weighted by molar-refractivity contribution is 6.35. The molecule has 30 heavy (non-hydrogen) atoms. The molecule has 1 aliphatic rings. The molecule has 150 valence electrons. The highest BCUT2D eigenvalue weighted by Crippen LogP contribution is 2.30. The molecule has 0 aromatic heterocycles. The number of hydrogen-bond donors (Lipinski definition) is 0. The lowest BCUT2D eigenvalue weighted by atomic mass is 10.1. The minimum Gasteiger partial charge on any atom is -0.480 e. The van der Waals surface area contributed by atoms with E-state index in [-0.39, 0.29) is 18.1 Å². The molecule has 0 saturated heterocycles. The van der Waals surface area contributed by atoms with Crippen molar-refractivity contribution >= 4 is 46.7 Å². The molecule has 1 heterocycles. The van der Waals surface area contributed by atoms with Crippen LogP contribution in [0.2, 0.25) is 10.0 Å². The number of anilines is 1. The molecule has 8 heteroatoms. The summed E-state index contributed by atoms with van der Waals surface area (Å²) in [6, 6.07) is 17.3. The van der Waals surface area contributed by atoms with Gasteiger partial charge in [0.05, 0.1) is 21.8 Å². The third kappa shape index (κ3) is 3.87. The van der Waals surface area contributed by atoms with E-state index in [2.05, 4.69) is 0 Å². The fourth-order valence-corrected chi connectivity index (χ4v) is 3.31. The lowest BCUT2D eigenvalue weighted by molar-refractivity contribution is -0.136. The minimum atomic E-state index is -0.653. The van der Waals surface area contributed by atoms with E-state index in [0.29, 0.717) is 26.9 Å². The Kier molecular flexibility index (Phi) is 5.44. The van der Waals surface area contributed by atoms with Gasteiger partial charge in [-0.3, -0.25) is 9.59 Å². The normalized spacial score (nSPS) is 12.7. The summed E-state index contributed by atoms with van der Waals surface area (Å²) in [6.45, 7) is -0.375. The highest BCUT2D eigenvalue weighted by Gasteiger charge is 2.36. The first kappa shape index (κ1) is 19.9. The highest BCUT2D eigenvalue weighted by atomic mass is 35.5. The number of ether oxygens (including phenoxy) is 2. The second-order valence-corrected chi connectivity index (χ2v) is 7.17. The SMILES string of the molecule is O=C(COc1cc(Cl)ccc1Cl)Oc1ccc(N2C(=O)c3ccccc3C2=O)cc1. The molecule has 0 atom stereocenters. The van der Waals surface area contributed by atoms with E-state index < -0.39 is 17.8 Å². The Hall–Kier alpha value is -3.35. The van der Waals surface area contributed by atoms with Gasteiger partial charge < -0.3 is 9.47 Å². The Morgan fingerprint density at radius 3 is 2.13 bits per heavy atom. The van der Waals surface area contributed by atoms with Crippen LogP contribution in [0.5, 0.6) is 11.5 Å². The number of amides is 2. The zero-order valence-corrected chi connectivity index (χ0v) is 16.8. The molecule has 0 spiro atoms. The van der Waals surface area contributed by atoms with Crippen molar-refractivity contribution in [2.24, 2.45) is 0 Å². The monoisotopic (exact) mass is 441 g/mol. The van der Waals surface area contributed by atoms with Crippen molar-refractivity contribution in [2.75, 3.05) is 11.5 Å². The third-order valence-electron chi connectivity index (χ3n) is 4.36. The quantitative estimate of drug-likeness (QED) is 0.323. The van der Waals surface area contributed by atoms with Crippen molar-refractivity contribution in [1.82, 2.24) is 0 Å². The molecule has 0 saturated carbocycles. The number of hydrogen-bond acceptors (Lipinski definition) is 5. The van der Waals surface area contributed by atoms with Crippen LogP contribution in [-0.2, 0) is 4.79 Å². The number of nitrogens with zero attached hydrogens (tertiary/aromatic N) is 1. The van der Waals surface area contributed by atoms with Crippen LogP contribution in [-0.4, -0.2) is 24.4 Å². The number of carbonyl (C=O) groups is 3. The van der Waals surface area contributed by atoms with Crippen LogP contribution in [0.15, 0.2) is 66.7 Å². The number of halogens is 2.